The molecule has 0 atom stereocenters. The third kappa shape index (κ3) is 4.94. The Balaban J connectivity index is 0.00000144. The Labute approximate surface area is 99.2 Å². The van der Waals surface area contributed by atoms with Gasteiger partial charge in [0.1, 0.15) is 0 Å². The summed E-state index contributed by atoms with van der Waals surface area (Å²) in [5.41, 5.74) is 11.4. The predicted molar refractivity (Wildman–Crippen MR) is 66.4 cm³/mol. The van der Waals surface area contributed by atoms with Crippen LogP contribution in [0.5, 0.6) is 0 Å². The maximum absolute atomic E-state index is 5.69. The largest absolute Gasteiger partial charge is 0.370 e. The molecular formula is C8H11ClIN3. The van der Waals surface area contributed by atoms with Crippen LogP contribution in [0.15, 0.2) is 29.3 Å². The van der Waals surface area contributed by atoms with Crippen molar-refractivity contribution in [3.05, 3.63) is 34.9 Å². The van der Waals surface area contributed by atoms with Crippen molar-refractivity contribution in [1.29, 1.82) is 0 Å². The maximum atomic E-state index is 5.69. The molecular weight excluding hydrogens is 300 g/mol. The maximum Gasteiger partial charge on any atom is 0.186 e. The van der Waals surface area contributed by atoms with Crippen LogP contribution in [0, 0.1) is 0 Å². The van der Waals surface area contributed by atoms with E-state index in [4.69, 9.17) is 23.1 Å². The number of benzene rings is 1. The first-order valence-electron chi connectivity index (χ1n) is 3.48. The molecule has 0 amide bonds. The highest BCUT2D eigenvalue weighted by Crippen LogP contribution is 2.09. The van der Waals surface area contributed by atoms with Crippen LogP contribution in [0.3, 0.4) is 0 Å². The number of guanidine groups is 1. The molecule has 0 heterocycles. The lowest BCUT2D eigenvalue weighted by Crippen LogP contribution is -2.22. The van der Waals surface area contributed by atoms with E-state index >= 15 is 0 Å². The smallest absolute Gasteiger partial charge is 0.186 e. The summed E-state index contributed by atoms with van der Waals surface area (Å²) < 4.78 is 0. The molecule has 72 valence electrons. The Morgan fingerprint density at radius 1 is 1.23 bits per heavy atom. The molecule has 0 radical (unpaired) electrons. The van der Waals surface area contributed by atoms with Gasteiger partial charge in [-0.25, -0.2) is 4.99 Å². The van der Waals surface area contributed by atoms with Crippen LogP contribution >= 0.6 is 35.6 Å². The van der Waals surface area contributed by atoms with Crippen molar-refractivity contribution < 1.29 is 0 Å². The Morgan fingerprint density at radius 2 is 1.77 bits per heavy atom. The van der Waals surface area contributed by atoms with Crippen LogP contribution in [0.25, 0.3) is 0 Å². The third-order valence-corrected chi connectivity index (χ3v) is 1.61. The fourth-order valence-electron chi connectivity index (χ4n) is 0.772. The van der Waals surface area contributed by atoms with Crippen molar-refractivity contribution in [3.8, 4) is 0 Å². The Kier molecular flexibility index (Phi) is 5.81. The van der Waals surface area contributed by atoms with Gasteiger partial charge in [-0.3, -0.25) is 0 Å². The Bertz CT molecular complexity index is 280. The highest BCUT2D eigenvalue weighted by Gasteiger charge is 1.90. The first-order chi connectivity index (χ1) is 5.68. The zero-order valence-corrected chi connectivity index (χ0v) is 9.99. The SMILES string of the molecule is I.NC(N)=NCc1ccc(Cl)cc1. The summed E-state index contributed by atoms with van der Waals surface area (Å²) >= 11 is 5.69. The molecule has 0 aliphatic carbocycles. The highest BCUT2D eigenvalue weighted by atomic mass is 127. The summed E-state index contributed by atoms with van der Waals surface area (Å²) in [6.45, 7) is 0.500. The van der Waals surface area contributed by atoms with Gasteiger partial charge in [-0.05, 0) is 17.7 Å². The fourth-order valence-corrected chi connectivity index (χ4v) is 0.898. The number of aliphatic imine (C=N–C) groups is 1. The first kappa shape index (κ1) is 12.5. The third-order valence-electron chi connectivity index (χ3n) is 1.36. The van der Waals surface area contributed by atoms with Gasteiger partial charge in [0.15, 0.2) is 5.96 Å². The summed E-state index contributed by atoms with van der Waals surface area (Å²) in [6.07, 6.45) is 0. The molecule has 4 N–H and O–H groups in total. The van der Waals surface area contributed by atoms with Crippen molar-refractivity contribution in [2.24, 2.45) is 16.5 Å². The summed E-state index contributed by atoms with van der Waals surface area (Å²) in [7, 11) is 0. The normalized spacial score (nSPS) is 8.69. The van der Waals surface area contributed by atoms with Crippen LogP contribution < -0.4 is 11.5 Å². The van der Waals surface area contributed by atoms with Gasteiger partial charge in [-0.1, -0.05) is 23.7 Å². The zero-order chi connectivity index (χ0) is 8.97. The lowest BCUT2D eigenvalue weighted by Gasteiger charge is -1.96. The second-order valence-electron chi connectivity index (χ2n) is 2.37. The van der Waals surface area contributed by atoms with Gasteiger partial charge in [0, 0.05) is 5.02 Å². The van der Waals surface area contributed by atoms with Crippen molar-refractivity contribution in [3.63, 3.8) is 0 Å². The monoisotopic (exact) mass is 311 g/mol. The summed E-state index contributed by atoms with van der Waals surface area (Å²) in [4.78, 5) is 3.85. The van der Waals surface area contributed by atoms with Gasteiger partial charge in [-0.2, -0.15) is 0 Å². The minimum atomic E-state index is 0. The second-order valence-corrected chi connectivity index (χ2v) is 2.80. The molecule has 0 bridgehead atoms. The van der Waals surface area contributed by atoms with Crippen molar-refractivity contribution in [2.75, 3.05) is 0 Å². The number of nitrogens with zero attached hydrogens (tertiary/aromatic N) is 1. The van der Waals surface area contributed by atoms with E-state index in [2.05, 4.69) is 4.99 Å². The van der Waals surface area contributed by atoms with Crippen LogP contribution in [0.4, 0.5) is 0 Å². The van der Waals surface area contributed by atoms with Gasteiger partial charge in [0.05, 0.1) is 6.54 Å². The molecule has 3 nitrogen and oxygen atoms in total. The molecule has 0 aliphatic rings. The second kappa shape index (κ2) is 6.04. The predicted octanol–water partition coefficient (Wildman–Crippen LogP) is 1.73. The van der Waals surface area contributed by atoms with E-state index < -0.39 is 0 Å². The van der Waals surface area contributed by atoms with Crippen LogP contribution in [0.1, 0.15) is 5.56 Å². The van der Waals surface area contributed by atoms with Gasteiger partial charge >= 0.3 is 0 Å². The highest BCUT2D eigenvalue weighted by molar-refractivity contribution is 14.0. The van der Waals surface area contributed by atoms with E-state index in [1.165, 1.54) is 0 Å². The molecule has 5 heteroatoms. The molecule has 0 saturated heterocycles. The van der Waals surface area contributed by atoms with Gasteiger partial charge in [-0.15, -0.1) is 24.0 Å². The quantitative estimate of drug-likeness (QED) is 0.496. The number of hydrogen-bond acceptors (Lipinski definition) is 1. The topological polar surface area (TPSA) is 64.4 Å². The average molecular weight is 312 g/mol. The van der Waals surface area contributed by atoms with E-state index in [0.717, 1.165) is 5.56 Å². The van der Waals surface area contributed by atoms with Crippen LogP contribution in [-0.2, 0) is 6.54 Å². The van der Waals surface area contributed by atoms with E-state index in [1.807, 2.05) is 12.1 Å². The van der Waals surface area contributed by atoms with Gasteiger partial charge in [0.25, 0.3) is 0 Å². The van der Waals surface area contributed by atoms with Crippen LogP contribution in [0.2, 0.25) is 5.02 Å². The van der Waals surface area contributed by atoms with Crippen molar-refractivity contribution in [1.82, 2.24) is 0 Å². The standard InChI is InChI=1S/C8H10ClN3.HI/c9-7-3-1-6(2-4-7)5-12-8(10)11;/h1-4H,5H2,(H4,10,11,12);1H. The van der Waals surface area contributed by atoms with E-state index in [0.29, 0.717) is 11.6 Å². The molecule has 1 aromatic carbocycles. The summed E-state index contributed by atoms with van der Waals surface area (Å²) in [6, 6.07) is 7.38. The van der Waals surface area contributed by atoms with Gasteiger partial charge < -0.3 is 11.5 Å². The molecule has 0 fully saturated rings. The number of nitrogens with two attached hydrogens (primary N) is 2. The first-order valence-corrected chi connectivity index (χ1v) is 3.86. The molecule has 13 heavy (non-hydrogen) atoms. The molecule has 0 spiro atoms. The van der Waals surface area contributed by atoms with E-state index in [-0.39, 0.29) is 29.9 Å². The summed E-state index contributed by atoms with van der Waals surface area (Å²) in [5.74, 6) is 0.102. The minimum absolute atomic E-state index is 0. The van der Waals surface area contributed by atoms with E-state index in [1.54, 1.807) is 12.1 Å². The number of hydrogen-bond donors (Lipinski definition) is 2. The molecule has 0 aromatic heterocycles. The lowest BCUT2D eigenvalue weighted by atomic mass is 10.2. The molecule has 1 aromatic rings. The molecule has 0 unspecified atom stereocenters. The summed E-state index contributed by atoms with van der Waals surface area (Å²) in [5, 5.41) is 0.712. The molecule has 0 saturated carbocycles. The Hall–Kier alpha value is -0.490. The number of halogens is 2. The Morgan fingerprint density at radius 3 is 2.23 bits per heavy atom. The minimum Gasteiger partial charge on any atom is -0.370 e. The van der Waals surface area contributed by atoms with Gasteiger partial charge in [0.2, 0.25) is 0 Å². The number of rotatable bonds is 2. The zero-order valence-electron chi connectivity index (χ0n) is 6.90. The lowest BCUT2D eigenvalue weighted by molar-refractivity contribution is 1.05. The molecule has 1 rings (SSSR count). The molecule has 0 aliphatic heterocycles. The van der Waals surface area contributed by atoms with Crippen molar-refractivity contribution in [2.45, 2.75) is 6.54 Å². The van der Waals surface area contributed by atoms with Crippen LogP contribution in [-0.4, -0.2) is 5.96 Å². The average Bonchev–Trinajstić information content (AvgIpc) is 2.03. The van der Waals surface area contributed by atoms with E-state index in [9.17, 15) is 0 Å². The fraction of sp³-hybridized carbons (Fsp3) is 0.125. The van der Waals surface area contributed by atoms with Crippen molar-refractivity contribution >= 4 is 41.5 Å².